The maximum atomic E-state index is 13.9. The van der Waals surface area contributed by atoms with Gasteiger partial charge in [0.25, 0.3) is 10.0 Å². The van der Waals surface area contributed by atoms with Gasteiger partial charge in [0, 0.05) is 23.1 Å². The molecule has 3 rings (SSSR count). The van der Waals surface area contributed by atoms with E-state index in [0.29, 0.717) is 6.54 Å². The maximum Gasteiger partial charge on any atom is 0.264 e. The fourth-order valence-electron chi connectivity index (χ4n) is 3.86. The van der Waals surface area contributed by atoms with Crippen LogP contribution in [0.3, 0.4) is 0 Å². The Morgan fingerprint density at radius 1 is 0.897 bits per heavy atom. The first-order valence-corrected chi connectivity index (χ1v) is 14.7. The van der Waals surface area contributed by atoms with Gasteiger partial charge >= 0.3 is 0 Å². The van der Waals surface area contributed by atoms with Crippen LogP contribution in [0, 0.1) is 12.8 Å². The number of hydrogen-bond acceptors (Lipinski definition) is 4. The molecule has 0 aromatic heterocycles. The molecule has 1 atom stereocenters. The lowest BCUT2D eigenvalue weighted by Gasteiger charge is -2.32. The quantitative estimate of drug-likeness (QED) is 0.311. The van der Waals surface area contributed by atoms with Crippen molar-refractivity contribution in [1.29, 1.82) is 0 Å². The van der Waals surface area contributed by atoms with Gasteiger partial charge in [-0.15, -0.1) is 0 Å². The number of sulfonamides is 1. The molecule has 7 nitrogen and oxygen atoms in total. The molecule has 0 bridgehead atoms. The summed E-state index contributed by atoms with van der Waals surface area (Å²) >= 11 is 12.4. The molecule has 0 saturated heterocycles. The first kappa shape index (κ1) is 30.5. The van der Waals surface area contributed by atoms with Crippen LogP contribution in [0.25, 0.3) is 0 Å². The summed E-state index contributed by atoms with van der Waals surface area (Å²) in [5, 5.41) is 3.31. The summed E-state index contributed by atoms with van der Waals surface area (Å²) in [6.45, 7) is 7.54. The summed E-state index contributed by atoms with van der Waals surface area (Å²) in [6.07, 6.45) is 0. The van der Waals surface area contributed by atoms with Gasteiger partial charge in [0.1, 0.15) is 12.6 Å². The van der Waals surface area contributed by atoms with Gasteiger partial charge in [-0.05, 0) is 55.7 Å². The molecule has 0 unspecified atom stereocenters. The summed E-state index contributed by atoms with van der Waals surface area (Å²) in [4.78, 5) is 28.3. The van der Waals surface area contributed by atoms with E-state index in [1.165, 1.54) is 35.2 Å². The molecule has 10 heteroatoms. The lowest BCUT2D eigenvalue weighted by molar-refractivity contribution is -0.139. The Kier molecular flexibility index (Phi) is 10.4. The Morgan fingerprint density at radius 3 is 2.05 bits per heavy atom. The number of aryl methyl sites for hydroxylation is 1. The molecule has 3 aromatic carbocycles. The molecule has 0 fully saturated rings. The molecule has 208 valence electrons. The van der Waals surface area contributed by atoms with Crippen molar-refractivity contribution < 1.29 is 18.0 Å². The molecule has 39 heavy (non-hydrogen) atoms. The highest BCUT2D eigenvalue weighted by atomic mass is 35.5. The third-order valence-corrected chi connectivity index (χ3v) is 8.30. The lowest BCUT2D eigenvalue weighted by atomic mass is 10.1. The van der Waals surface area contributed by atoms with Crippen LogP contribution in [0.2, 0.25) is 10.0 Å². The zero-order valence-electron chi connectivity index (χ0n) is 22.4. The fourth-order valence-corrected chi connectivity index (χ4v) is 5.79. The minimum Gasteiger partial charge on any atom is -0.354 e. The summed E-state index contributed by atoms with van der Waals surface area (Å²) in [6, 6.07) is 18.9. The van der Waals surface area contributed by atoms with Crippen molar-refractivity contribution in [2.24, 2.45) is 5.92 Å². The Bertz CT molecular complexity index is 1380. The van der Waals surface area contributed by atoms with Crippen LogP contribution in [0.4, 0.5) is 5.69 Å². The predicted octanol–water partition coefficient (Wildman–Crippen LogP) is 5.69. The van der Waals surface area contributed by atoms with Gasteiger partial charge in [-0.25, -0.2) is 8.42 Å². The van der Waals surface area contributed by atoms with Crippen molar-refractivity contribution in [3.63, 3.8) is 0 Å². The molecule has 2 amide bonds. The summed E-state index contributed by atoms with van der Waals surface area (Å²) in [5.74, 6) is -0.660. The molecule has 1 N–H and O–H groups in total. The van der Waals surface area contributed by atoms with Crippen molar-refractivity contribution in [1.82, 2.24) is 10.2 Å². The van der Waals surface area contributed by atoms with Gasteiger partial charge in [-0.2, -0.15) is 0 Å². The third-order valence-electron chi connectivity index (χ3n) is 6.07. The first-order chi connectivity index (χ1) is 18.4. The molecular formula is C29H33Cl2N3O4S. The topological polar surface area (TPSA) is 86.8 Å². The van der Waals surface area contributed by atoms with E-state index in [4.69, 9.17) is 23.2 Å². The molecule has 0 aliphatic rings. The van der Waals surface area contributed by atoms with Crippen molar-refractivity contribution >= 4 is 50.7 Å². The Balaban J connectivity index is 2.03. The number of carbonyl (C=O) groups is 2. The average Bonchev–Trinajstić information content (AvgIpc) is 2.89. The molecular weight excluding hydrogens is 557 g/mol. The molecule has 0 heterocycles. The monoisotopic (exact) mass is 589 g/mol. The molecule has 0 radical (unpaired) electrons. The smallest absolute Gasteiger partial charge is 0.264 e. The van der Waals surface area contributed by atoms with Crippen LogP contribution in [-0.2, 0) is 26.2 Å². The molecule has 0 saturated carbocycles. The fraction of sp³-hybridized carbons (Fsp3) is 0.310. The summed E-state index contributed by atoms with van der Waals surface area (Å²) < 4.78 is 28.5. The van der Waals surface area contributed by atoms with E-state index in [1.54, 1.807) is 25.1 Å². The Morgan fingerprint density at radius 2 is 1.49 bits per heavy atom. The molecule has 0 spiro atoms. The number of halogens is 2. The second kappa shape index (κ2) is 13.3. The SMILES string of the molecule is Cc1ccc(CN(C(=O)CN(c2cc(Cl)cc(Cl)c2)S(=O)(=O)c2ccccc2)[C@H](C)C(=O)NCC(C)C)cc1. The van der Waals surface area contributed by atoms with Crippen molar-refractivity contribution in [3.05, 3.63) is 94.0 Å². The Labute approximate surface area is 240 Å². The number of anilines is 1. The van der Waals surface area contributed by atoms with Crippen LogP contribution >= 0.6 is 23.2 Å². The highest BCUT2D eigenvalue weighted by Crippen LogP contribution is 2.30. The van der Waals surface area contributed by atoms with E-state index in [-0.39, 0.29) is 39.0 Å². The van der Waals surface area contributed by atoms with E-state index in [2.05, 4.69) is 5.32 Å². The lowest BCUT2D eigenvalue weighted by Crippen LogP contribution is -2.51. The largest absolute Gasteiger partial charge is 0.354 e. The average molecular weight is 591 g/mol. The van der Waals surface area contributed by atoms with Crippen LogP contribution in [0.1, 0.15) is 31.9 Å². The third kappa shape index (κ3) is 8.21. The van der Waals surface area contributed by atoms with Gasteiger partial charge in [-0.3, -0.25) is 13.9 Å². The summed E-state index contributed by atoms with van der Waals surface area (Å²) in [7, 11) is -4.19. The number of nitrogens with one attached hydrogen (secondary N) is 1. The minimum atomic E-state index is -4.19. The molecule has 0 aliphatic carbocycles. The standard InChI is InChI=1S/C29H33Cl2N3O4S/c1-20(2)17-32-29(36)22(4)33(18-23-12-10-21(3)11-13-23)28(35)19-34(26-15-24(30)14-25(31)16-26)39(37,38)27-8-6-5-7-9-27/h5-16,20,22H,17-19H2,1-4H3,(H,32,36)/t22-/m1/s1. The number of carbonyl (C=O) groups excluding carboxylic acids is 2. The first-order valence-electron chi connectivity index (χ1n) is 12.5. The zero-order valence-corrected chi connectivity index (χ0v) is 24.7. The van der Waals surface area contributed by atoms with Crippen molar-refractivity contribution in [3.8, 4) is 0 Å². The molecule has 3 aromatic rings. The number of hydrogen-bond donors (Lipinski definition) is 1. The van der Waals surface area contributed by atoms with Gasteiger partial charge in [-0.1, -0.05) is 85.1 Å². The van der Waals surface area contributed by atoms with E-state index < -0.39 is 28.5 Å². The number of amides is 2. The van der Waals surface area contributed by atoms with Crippen LogP contribution in [-0.4, -0.2) is 44.3 Å². The van der Waals surface area contributed by atoms with E-state index >= 15 is 0 Å². The van der Waals surface area contributed by atoms with Gasteiger partial charge in [0.2, 0.25) is 11.8 Å². The number of nitrogens with zero attached hydrogens (tertiary/aromatic N) is 2. The number of rotatable bonds is 11. The van der Waals surface area contributed by atoms with Gasteiger partial charge < -0.3 is 10.2 Å². The van der Waals surface area contributed by atoms with Crippen LogP contribution < -0.4 is 9.62 Å². The van der Waals surface area contributed by atoms with Gasteiger partial charge in [0.15, 0.2) is 0 Å². The number of benzene rings is 3. The van der Waals surface area contributed by atoms with Crippen molar-refractivity contribution in [2.45, 2.75) is 45.2 Å². The second-order valence-electron chi connectivity index (χ2n) is 9.77. The minimum absolute atomic E-state index is 0.00158. The van der Waals surface area contributed by atoms with E-state index in [0.717, 1.165) is 15.4 Å². The van der Waals surface area contributed by atoms with E-state index in [1.807, 2.05) is 45.0 Å². The highest BCUT2D eigenvalue weighted by molar-refractivity contribution is 7.92. The zero-order chi connectivity index (χ0) is 28.7. The maximum absolute atomic E-state index is 13.9. The van der Waals surface area contributed by atoms with E-state index in [9.17, 15) is 18.0 Å². The van der Waals surface area contributed by atoms with Gasteiger partial charge in [0.05, 0.1) is 10.6 Å². The van der Waals surface area contributed by atoms with Crippen LogP contribution in [0.15, 0.2) is 77.7 Å². The summed E-state index contributed by atoms with van der Waals surface area (Å²) in [5.41, 5.74) is 2.00. The van der Waals surface area contributed by atoms with Crippen LogP contribution in [0.5, 0.6) is 0 Å². The Hall–Kier alpha value is -3.07. The predicted molar refractivity (Wildman–Crippen MR) is 156 cm³/mol. The second-order valence-corrected chi connectivity index (χ2v) is 12.5. The normalized spacial score (nSPS) is 12.2. The highest BCUT2D eigenvalue weighted by Gasteiger charge is 2.32. The van der Waals surface area contributed by atoms with Crippen molar-refractivity contribution in [2.75, 3.05) is 17.4 Å². The molecule has 0 aliphatic heterocycles.